The minimum Gasteiger partial charge on any atom is -0.378 e. The lowest BCUT2D eigenvalue weighted by Crippen LogP contribution is -2.51. The molecule has 2 aliphatic heterocycles. The molecule has 0 radical (unpaired) electrons. The number of anilines is 2. The zero-order chi connectivity index (χ0) is 12.7. The third-order valence-electron chi connectivity index (χ3n) is 4.45. The van der Waals surface area contributed by atoms with Gasteiger partial charge in [-0.15, -0.1) is 0 Å². The number of hydrogen-bond acceptors (Lipinski definition) is 3. The summed E-state index contributed by atoms with van der Waals surface area (Å²) in [4.78, 5) is 2.59. The molecule has 3 rings (SSSR count). The van der Waals surface area contributed by atoms with Crippen LogP contribution in [0.3, 0.4) is 0 Å². The van der Waals surface area contributed by atoms with Crippen molar-refractivity contribution in [2.45, 2.75) is 45.6 Å². The van der Waals surface area contributed by atoms with Gasteiger partial charge in [-0.3, -0.25) is 4.68 Å². The highest BCUT2D eigenvalue weighted by Crippen LogP contribution is 2.39. The van der Waals surface area contributed by atoms with Crippen LogP contribution in [-0.2, 0) is 13.5 Å². The second-order valence-corrected chi connectivity index (χ2v) is 5.78. The summed E-state index contributed by atoms with van der Waals surface area (Å²) in [5.41, 5.74) is 2.54. The average Bonchev–Trinajstić information content (AvgIpc) is 2.68. The van der Waals surface area contributed by atoms with E-state index in [0.717, 1.165) is 25.3 Å². The van der Waals surface area contributed by atoms with Crippen molar-refractivity contribution >= 4 is 11.5 Å². The van der Waals surface area contributed by atoms with E-state index in [1.807, 2.05) is 0 Å². The molecule has 3 heterocycles. The summed E-state index contributed by atoms with van der Waals surface area (Å²) in [6.07, 6.45) is 4.90. The molecule has 1 fully saturated rings. The van der Waals surface area contributed by atoms with Crippen LogP contribution >= 0.6 is 0 Å². The van der Waals surface area contributed by atoms with E-state index < -0.39 is 0 Å². The zero-order valence-corrected chi connectivity index (χ0v) is 11.7. The van der Waals surface area contributed by atoms with Crippen molar-refractivity contribution in [1.82, 2.24) is 9.78 Å². The summed E-state index contributed by atoms with van der Waals surface area (Å²) in [7, 11) is 2.08. The predicted octanol–water partition coefficient (Wildman–Crippen LogP) is 2.40. The van der Waals surface area contributed by atoms with Gasteiger partial charge in [0.2, 0.25) is 0 Å². The number of nitrogens with one attached hydrogen (secondary N) is 1. The third-order valence-corrected chi connectivity index (χ3v) is 4.45. The topological polar surface area (TPSA) is 33.1 Å². The quantitative estimate of drug-likeness (QED) is 0.872. The normalized spacial score (nSPS) is 26.5. The molecule has 0 saturated carbocycles. The Morgan fingerprint density at radius 2 is 2.28 bits per heavy atom. The summed E-state index contributed by atoms with van der Waals surface area (Å²) < 4.78 is 2.08. The molecule has 2 atom stereocenters. The Bertz CT molecular complexity index is 437. The van der Waals surface area contributed by atoms with Crippen molar-refractivity contribution in [2.24, 2.45) is 13.0 Å². The second-order valence-electron chi connectivity index (χ2n) is 5.78. The Morgan fingerprint density at radius 1 is 1.44 bits per heavy atom. The summed E-state index contributed by atoms with van der Waals surface area (Å²) in [6.45, 7) is 6.87. The number of aryl methyl sites for hydroxylation is 2. The molecule has 4 nitrogen and oxygen atoms in total. The van der Waals surface area contributed by atoms with Gasteiger partial charge in [0.15, 0.2) is 5.82 Å². The van der Waals surface area contributed by atoms with Crippen LogP contribution in [0.25, 0.3) is 0 Å². The summed E-state index contributed by atoms with van der Waals surface area (Å²) in [5.74, 6) is 2.10. The average molecular weight is 248 g/mol. The van der Waals surface area contributed by atoms with Crippen molar-refractivity contribution in [3.63, 3.8) is 0 Å². The fraction of sp³-hybridized carbons (Fsp3) is 0.786. The van der Waals surface area contributed by atoms with Gasteiger partial charge in [-0.2, -0.15) is 5.10 Å². The van der Waals surface area contributed by atoms with E-state index in [4.69, 9.17) is 5.10 Å². The maximum absolute atomic E-state index is 4.71. The minimum absolute atomic E-state index is 0.649. The van der Waals surface area contributed by atoms with Gasteiger partial charge in [0.05, 0.1) is 11.7 Å². The van der Waals surface area contributed by atoms with Gasteiger partial charge in [0, 0.05) is 20.1 Å². The summed E-state index contributed by atoms with van der Waals surface area (Å²) >= 11 is 0. The Kier molecular flexibility index (Phi) is 2.96. The minimum atomic E-state index is 0.649. The fourth-order valence-corrected chi connectivity index (χ4v) is 3.52. The van der Waals surface area contributed by atoms with Crippen LogP contribution in [-0.4, -0.2) is 28.9 Å². The highest BCUT2D eigenvalue weighted by atomic mass is 15.4. The van der Waals surface area contributed by atoms with Crippen LogP contribution in [0.15, 0.2) is 0 Å². The Labute approximate surface area is 109 Å². The van der Waals surface area contributed by atoms with E-state index >= 15 is 0 Å². The first-order chi connectivity index (χ1) is 8.72. The van der Waals surface area contributed by atoms with E-state index in [2.05, 4.69) is 35.8 Å². The standard InChI is InChI=1S/C14H24N4/c1-4-6-11-13-14(17(3)16-11)18-8-5-7-10(2)12(18)9-15-13/h10,12,15H,4-9H2,1-3H3. The molecule has 2 aliphatic rings. The first-order valence-electron chi connectivity index (χ1n) is 7.28. The molecule has 4 heteroatoms. The van der Waals surface area contributed by atoms with Crippen LogP contribution in [0, 0.1) is 5.92 Å². The number of rotatable bonds is 2. The maximum Gasteiger partial charge on any atom is 0.150 e. The fourth-order valence-electron chi connectivity index (χ4n) is 3.52. The van der Waals surface area contributed by atoms with Crippen molar-refractivity contribution in [2.75, 3.05) is 23.3 Å². The van der Waals surface area contributed by atoms with Crippen LogP contribution in [0.4, 0.5) is 11.5 Å². The highest BCUT2D eigenvalue weighted by molar-refractivity contribution is 5.72. The molecule has 0 aliphatic carbocycles. The molecule has 1 aromatic rings. The van der Waals surface area contributed by atoms with Crippen molar-refractivity contribution in [3.05, 3.63) is 5.69 Å². The smallest absolute Gasteiger partial charge is 0.150 e. The first kappa shape index (κ1) is 11.9. The number of fused-ring (bicyclic) bond motifs is 3. The van der Waals surface area contributed by atoms with Gasteiger partial charge in [-0.25, -0.2) is 0 Å². The van der Waals surface area contributed by atoms with Gasteiger partial charge in [-0.1, -0.05) is 20.3 Å². The van der Waals surface area contributed by atoms with Gasteiger partial charge < -0.3 is 10.2 Å². The van der Waals surface area contributed by atoms with E-state index in [-0.39, 0.29) is 0 Å². The van der Waals surface area contributed by atoms with Crippen LogP contribution in [0.5, 0.6) is 0 Å². The summed E-state index contributed by atoms with van der Waals surface area (Å²) in [6, 6.07) is 0.649. The van der Waals surface area contributed by atoms with E-state index in [0.29, 0.717) is 6.04 Å². The van der Waals surface area contributed by atoms with Gasteiger partial charge in [0.1, 0.15) is 5.69 Å². The number of piperidine rings is 1. The molecule has 1 saturated heterocycles. The molecule has 18 heavy (non-hydrogen) atoms. The Morgan fingerprint density at radius 3 is 3.06 bits per heavy atom. The van der Waals surface area contributed by atoms with Gasteiger partial charge >= 0.3 is 0 Å². The SMILES string of the molecule is CCCc1nn(C)c2c1NCC1C(C)CCCN21. The second kappa shape index (κ2) is 4.48. The Balaban J connectivity index is 1.99. The third kappa shape index (κ3) is 1.70. The predicted molar refractivity (Wildman–Crippen MR) is 75.2 cm³/mol. The Hall–Kier alpha value is -1.19. The van der Waals surface area contributed by atoms with Crippen LogP contribution in [0.1, 0.15) is 38.8 Å². The molecule has 1 N–H and O–H groups in total. The van der Waals surface area contributed by atoms with Gasteiger partial charge in [-0.05, 0) is 25.2 Å². The van der Waals surface area contributed by atoms with Crippen molar-refractivity contribution < 1.29 is 0 Å². The van der Waals surface area contributed by atoms with E-state index in [1.54, 1.807) is 0 Å². The number of nitrogens with zero attached hydrogens (tertiary/aromatic N) is 3. The monoisotopic (exact) mass is 248 g/mol. The maximum atomic E-state index is 4.71. The van der Waals surface area contributed by atoms with Crippen molar-refractivity contribution in [3.8, 4) is 0 Å². The molecular formula is C14H24N4. The van der Waals surface area contributed by atoms with E-state index in [9.17, 15) is 0 Å². The zero-order valence-electron chi connectivity index (χ0n) is 11.7. The molecular weight excluding hydrogens is 224 g/mol. The molecule has 0 aromatic carbocycles. The molecule has 0 amide bonds. The van der Waals surface area contributed by atoms with Crippen LogP contribution < -0.4 is 10.2 Å². The summed E-state index contributed by atoms with van der Waals surface area (Å²) in [5, 5.41) is 8.35. The largest absolute Gasteiger partial charge is 0.378 e. The molecule has 0 spiro atoms. The lowest BCUT2D eigenvalue weighted by molar-refractivity contribution is 0.346. The lowest BCUT2D eigenvalue weighted by Gasteiger charge is -2.44. The van der Waals surface area contributed by atoms with Crippen molar-refractivity contribution in [1.29, 1.82) is 0 Å². The number of aromatic nitrogens is 2. The molecule has 100 valence electrons. The molecule has 1 aromatic heterocycles. The molecule has 0 bridgehead atoms. The number of hydrogen-bond donors (Lipinski definition) is 1. The van der Waals surface area contributed by atoms with Gasteiger partial charge in [0.25, 0.3) is 0 Å². The highest BCUT2D eigenvalue weighted by Gasteiger charge is 2.36. The first-order valence-corrected chi connectivity index (χ1v) is 7.28. The van der Waals surface area contributed by atoms with Crippen LogP contribution in [0.2, 0.25) is 0 Å². The molecule has 2 unspecified atom stereocenters. The van der Waals surface area contributed by atoms with E-state index in [1.165, 1.54) is 36.6 Å². The lowest BCUT2D eigenvalue weighted by atomic mass is 9.89.